The minimum atomic E-state index is 0.170. The SMILES string of the molecule is COc1ccc2[nH]cc(C3CCN(C(=O)CCc4ncc(-c5ccc(C)cc5)o4)CC3)c2c1. The molecule has 0 unspecified atom stereocenters. The predicted molar refractivity (Wildman–Crippen MR) is 128 cm³/mol. The van der Waals surface area contributed by atoms with Crippen LogP contribution < -0.4 is 4.74 Å². The molecule has 1 aliphatic rings. The number of aryl methyl sites for hydroxylation is 2. The second-order valence-electron chi connectivity index (χ2n) is 8.79. The number of hydrogen-bond donors (Lipinski definition) is 1. The number of benzene rings is 2. The van der Waals surface area contributed by atoms with Crippen molar-refractivity contribution in [2.45, 2.75) is 38.5 Å². The summed E-state index contributed by atoms with van der Waals surface area (Å²) in [5.41, 5.74) is 4.65. The van der Waals surface area contributed by atoms with Crippen LogP contribution in [0.15, 0.2) is 59.3 Å². The number of aromatic nitrogens is 2. The third kappa shape index (κ3) is 4.51. The highest BCUT2D eigenvalue weighted by molar-refractivity contribution is 5.85. The Labute approximate surface area is 193 Å². The lowest BCUT2D eigenvalue weighted by Gasteiger charge is -2.32. The van der Waals surface area contributed by atoms with Gasteiger partial charge in [-0.3, -0.25) is 4.79 Å². The number of aromatic amines is 1. The number of rotatable bonds is 6. The highest BCUT2D eigenvalue weighted by Gasteiger charge is 2.25. The second kappa shape index (κ2) is 9.14. The third-order valence-electron chi connectivity index (χ3n) is 6.65. The molecule has 1 N–H and O–H groups in total. The zero-order valence-corrected chi connectivity index (χ0v) is 19.1. The molecule has 0 spiro atoms. The van der Waals surface area contributed by atoms with Crippen molar-refractivity contribution in [3.8, 4) is 17.1 Å². The molecule has 0 atom stereocenters. The molecule has 5 rings (SSSR count). The van der Waals surface area contributed by atoms with Gasteiger partial charge in [0, 0.05) is 48.6 Å². The topological polar surface area (TPSA) is 71.4 Å². The number of amides is 1. The minimum absolute atomic E-state index is 0.170. The van der Waals surface area contributed by atoms with Gasteiger partial charge in [-0.2, -0.15) is 0 Å². The monoisotopic (exact) mass is 443 g/mol. The summed E-state index contributed by atoms with van der Waals surface area (Å²) < 4.78 is 11.3. The van der Waals surface area contributed by atoms with Crippen LogP contribution >= 0.6 is 0 Å². The highest BCUT2D eigenvalue weighted by atomic mass is 16.5. The first-order chi connectivity index (χ1) is 16.1. The fourth-order valence-electron chi connectivity index (χ4n) is 4.68. The molecule has 1 aliphatic heterocycles. The Kier molecular flexibility index (Phi) is 5.90. The molecule has 1 fully saturated rings. The number of nitrogens with zero attached hydrogens (tertiary/aromatic N) is 2. The predicted octanol–water partition coefficient (Wildman–Crippen LogP) is 5.48. The molecule has 170 valence electrons. The molecule has 0 bridgehead atoms. The maximum atomic E-state index is 12.8. The molecular formula is C27H29N3O3. The van der Waals surface area contributed by atoms with Gasteiger partial charge in [-0.1, -0.05) is 29.8 Å². The van der Waals surface area contributed by atoms with Crippen molar-refractivity contribution >= 4 is 16.8 Å². The smallest absolute Gasteiger partial charge is 0.223 e. The zero-order valence-electron chi connectivity index (χ0n) is 19.1. The van der Waals surface area contributed by atoms with E-state index in [2.05, 4.69) is 47.4 Å². The summed E-state index contributed by atoms with van der Waals surface area (Å²) in [7, 11) is 1.69. The minimum Gasteiger partial charge on any atom is -0.497 e. The maximum Gasteiger partial charge on any atom is 0.223 e. The van der Waals surface area contributed by atoms with Crippen molar-refractivity contribution in [1.29, 1.82) is 0 Å². The summed E-state index contributed by atoms with van der Waals surface area (Å²) in [6.45, 7) is 3.61. The second-order valence-corrected chi connectivity index (χ2v) is 8.79. The number of H-pyrrole nitrogens is 1. The number of hydrogen-bond acceptors (Lipinski definition) is 4. The fraction of sp³-hybridized carbons (Fsp3) is 0.333. The van der Waals surface area contributed by atoms with Crippen LogP contribution in [0.5, 0.6) is 5.75 Å². The largest absolute Gasteiger partial charge is 0.497 e. The van der Waals surface area contributed by atoms with Gasteiger partial charge in [0.15, 0.2) is 11.7 Å². The summed E-state index contributed by atoms with van der Waals surface area (Å²) in [6.07, 6.45) is 6.72. The first-order valence-electron chi connectivity index (χ1n) is 11.6. The van der Waals surface area contributed by atoms with E-state index in [0.717, 1.165) is 48.5 Å². The molecule has 6 heteroatoms. The standard InChI is InChI=1S/C27H29N3O3/c1-18-3-5-20(6-4-18)25-17-29-26(33-25)9-10-27(31)30-13-11-19(12-14-30)23-16-28-24-8-7-21(32-2)15-22(23)24/h3-8,15-17,19,28H,9-14H2,1-2H3. The van der Waals surface area contributed by atoms with Gasteiger partial charge in [-0.15, -0.1) is 0 Å². The van der Waals surface area contributed by atoms with Gasteiger partial charge in [-0.05, 0) is 49.4 Å². The van der Waals surface area contributed by atoms with E-state index in [1.165, 1.54) is 16.5 Å². The number of fused-ring (bicyclic) bond motifs is 1. The van der Waals surface area contributed by atoms with Crippen LogP contribution in [0.2, 0.25) is 0 Å². The number of nitrogens with one attached hydrogen (secondary N) is 1. The molecule has 0 radical (unpaired) electrons. The number of carbonyl (C=O) groups excluding carboxylic acids is 1. The average Bonchev–Trinajstić information content (AvgIpc) is 3.50. The Morgan fingerprint density at radius 2 is 1.97 bits per heavy atom. The number of ether oxygens (including phenoxy) is 1. The van der Waals surface area contributed by atoms with E-state index in [0.29, 0.717) is 24.7 Å². The molecule has 4 aromatic rings. The van der Waals surface area contributed by atoms with Crippen molar-refractivity contribution in [3.05, 3.63) is 71.9 Å². The van der Waals surface area contributed by atoms with Crippen LogP contribution in [-0.4, -0.2) is 41.0 Å². The van der Waals surface area contributed by atoms with Gasteiger partial charge in [0.1, 0.15) is 5.75 Å². The number of oxazole rings is 1. The van der Waals surface area contributed by atoms with Gasteiger partial charge in [0.25, 0.3) is 0 Å². The van der Waals surface area contributed by atoms with E-state index in [1.807, 2.05) is 23.1 Å². The Morgan fingerprint density at radius 3 is 2.73 bits per heavy atom. The van der Waals surface area contributed by atoms with Crippen molar-refractivity contribution < 1.29 is 13.9 Å². The molecule has 2 aromatic carbocycles. The van der Waals surface area contributed by atoms with Gasteiger partial charge in [0.2, 0.25) is 5.91 Å². The van der Waals surface area contributed by atoms with Crippen LogP contribution in [0.4, 0.5) is 0 Å². The van der Waals surface area contributed by atoms with Crippen molar-refractivity contribution in [2.24, 2.45) is 0 Å². The average molecular weight is 444 g/mol. The van der Waals surface area contributed by atoms with E-state index >= 15 is 0 Å². The Morgan fingerprint density at radius 1 is 1.18 bits per heavy atom. The van der Waals surface area contributed by atoms with Crippen LogP contribution in [0.1, 0.15) is 42.2 Å². The van der Waals surface area contributed by atoms with Crippen LogP contribution in [-0.2, 0) is 11.2 Å². The highest BCUT2D eigenvalue weighted by Crippen LogP contribution is 2.35. The van der Waals surface area contributed by atoms with Crippen LogP contribution in [0, 0.1) is 6.92 Å². The lowest BCUT2D eigenvalue weighted by atomic mass is 9.89. The van der Waals surface area contributed by atoms with Crippen molar-refractivity contribution in [2.75, 3.05) is 20.2 Å². The molecule has 6 nitrogen and oxygen atoms in total. The summed E-state index contributed by atoms with van der Waals surface area (Å²) in [4.78, 5) is 22.5. The number of methoxy groups -OCH3 is 1. The number of carbonyl (C=O) groups is 1. The summed E-state index contributed by atoms with van der Waals surface area (Å²) in [6, 6.07) is 14.3. The number of likely N-dealkylation sites (tertiary alicyclic amines) is 1. The van der Waals surface area contributed by atoms with Crippen LogP contribution in [0.3, 0.4) is 0 Å². The maximum absolute atomic E-state index is 12.8. The van der Waals surface area contributed by atoms with E-state index < -0.39 is 0 Å². The Hall–Kier alpha value is -3.54. The Balaban J connectivity index is 1.16. The molecule has 2 aromatic heterocycles. The van der Waals surface area contributed by atoms with Crippen LogP contribution in [0.25, 0.3) is 22.2 Å². The lowest BCUT2D eigenvalue weighted by Crippen LogP contribution is -2.38. The summed E-state index contributed by atoms with van der Waals surface area (Å²) in [5.74, 6) is 2.84. The lowest BCUT2D eigenvalue weighted by molar-refractivity contribution is -0.132. The van der Waals surface area contributed by atoms with E-state index in [-0.39, 0.29) is 5.91 Å². The van der Waals surface area contributed by atoms with Gasteiger partial charge in [-0.25, -0.2) is 4.98 Å². The summed E-state index contributed by atoms with van der Waals surface area (Å²) >= 11 is 0. The normalized spacial score (nSPS) is 14.7. The van der Waals surface area contributed by atoms with Crippen molar-refractivity contribution in [1.82, 2.24) is 14.9 Å². The third-order valence-corrected chi connectivity index (χ3v) is 6.65. The van der Waals surface area contributed by atoms with Gasteiger partial charge >= 0.3 is 0 Å². The fourth-order valence-corrected chi connectivity index (χ4v) is 4.68. The molecule has 1 amide bonds. The summed E-state index contributed by atoms with van der Waals surface area (Å²) in [5, 5.41) is 1.22. The molecule has 33 heavy (non-hydrogen) atoms. The van der Waals surface area contributed by atoms with E-state index in [4.69, 9.17) is 9.15 Å². The quantitative estimate of drug-likeness (QED) is 0.428. The first kappa shape index (κ1) is 21.3. The molecule has 0 aliphatic carbocycles. The Bertz CT molecular complexity index is 1250. The molecule has 0 saturated carbocycles. The molecule has 1 saturated heterocycles. The van der Waals surface area contributed by atoms with Gasteiger partial charge in [0.05, 0.1) is 13.3 Å². The molecule has 3 heterocycles. The molecular weight excluding hydrogens is 414 g/mol. The van der Waals surface area contributed by atoms with E-state index in [1.54, 1.807) is 13.3 Å². The van der Waals surface area contributed by atoms with Gasteiger partial charge < -0.3 is 19.0 Å². The number of piperidine rings is 1. The zero-order chi connectivity index (χ0) is 22.8. The van der Waals surface area contributed by atoms with Crippen molar-refractivity contribution in [3.63, 3.8) is 0 Å². The van der Waals surface area contributed by atoms with E-state index in [9.17, 15) is 4.79 Å². The first-order valence-corrected chi connectivity index (χ1v) is 11.6.